The molecule has 7 nitrogen and oxygen atoms in total. The van der Waals surface area contributed by atoms with Gasteiger partial charge in [-0.2, -0.15) is 0 Å². The van der Waals surface area contributed by atoms with E-state index in [1.807, 2.05) is 0 Å². The van der Waals surface area contributed by atoms with Crippen LogP contribution in [-0.2, 0) is 9.59 Å². The fourth-order valence-electron chi connectivity index (χ4n) is 5.49. The van der Waals surface area contributed by atoms with Gasteiger partial charge in [0.1, 0.15) is 0 Å². The van der Waals surface area contributed by atoms with Gasteiger partial charge in [-0.05, 0) is 57.5 Å². The summed E-state index contributed by atoms with van der Waals surface area (Å²) >= 11 is 0. The molecule has 172 valence electrons. The summed E-state index contributed by atoms with van der Waals surface area (Å²) in [4.78, 5) is 31.7. The number of hydrogen-bond donors (Lipinski definition) is 2. The zero-order chi connectivity index (χ0) is 21.3. The minimum Gasteiger partial charge on any atom is -0.354 e. The standard InChI is InChI=1S/C23H43N5O2/c1-19-16-27(13-14-28(19)23(30)15-20-5-3-2-4-6-20)17-21-7-11-26(12-8-21)18-22(29)25-10-9-24/h19-21H,2-18,24H2,1H3,(H,25,29)/t19-/m0/s1. The third kappa shape index (κ3) is 7.20. The molecule has 2 heterocycles. The van der Waals surface area contributed by atoms with Gasteiger partial charge < -0.3 is 16.0 Å². The molecule has 2 aliphatic heterocycles. The second-order valence-corrected chi connectivity index (χ2v) is 9.76. The van der Waals surface area contributed by atoms with Crippen molar-refractivity contribution < 1.29 is 9.59 Å². The van der Waals surface area contributed by atoms with E-state index in [2.05, 4.69) is 26.9 Å². The van der Waals surface area contributed by atoms with Crippen LogP contribution in [0.5, 0.6) is 0 Å². The average Bonchev–Trinajstić information content (AvgIpc) is 2.74. The van der Waals surface area contributed by atoms with Crippen LogP contribution in [-0.4, -0.2) is 91.5 Å². The van der Waals surface area contributed by atoms with Crippen LogP contribution in [0.3, 0.4) is 0 Å². The van der Waals surface area contributed by atoms with Crippen LogP contribution in [0, 0.1) is 11.8 Å². The molecule has 0 aromatic rings. The topological polar surface area (TPSA) is 81.9 Å². The van der Waals surface area contributed by atoms with E-state index >= 15 is 0 Å². The fourth-order valence-corrected chi connectivity index (χ4v) is 5.49. The Balaban J connectivity index is 1.34. The predicted octanol–water partition coefficient (Wildman–Crippen LogP) is 1.28. The van der Waals surface area contributed by atoms with Crippen molar-refractivity contribution in [3.63, 3.8) is 0 Å². The zero-order valence-corrected chi connectivity index (χ0v) is 19.0. The van der Waals surface area contributed by atoms with E-state index < -0.39 is 0 Å². The van der Waals surface area contributed by atoms with E-state index in [0.29, 0.717) is 43.4 Å². The summed E-state index contributed by atoms with van der Waals surface area (Å²) in [6, 6.07) is 0.321. The van der Waals surface area contributed by atoms with Crippen LogP contribution in [0.25, 0.3) is 0 Å². The molecule has 0 spiro atoms. The smallest absolute Gasteiger partial charge is 0.234 e. The van der Waals surface area contributed by atoms with E-state index in [9.17, 15) is 9.59 Å². The Morgan fingerprint density at radius 3 is 2.33 bits per heavy atom. The number of likely N-dealkylation sites (tertiary alicyclic amines) is 1. The summed E-state index contributed by atoms with van der Waals surface area (Å²) < 4.78 is 0. The van der Waals surface area contributed by atoms with Crippen molar-refractivity contribution >= 4 is 11.8 Å². The van der Waals surface area contributed by atoms with Gasteiger partial charge >= 0.3 is 0 Å². The number of rotatable bonds is 8. The predicted molar refractivity (Wildman–Crippen MR) is 120 cm³/mol. The maximum atomic E-state index is 12.8. The van der Waals surface area contributed by atoms with Gasteiger partial charge in [0.15, 0.2) is 0 Å². The molecule has 2 amide bonds. The highest BCUT2D eigenvalue weighted by Gasteiger charge is 2.31. The lowest BCUT2D eigenvalue weighted by atomic mass is 9.86. The van der Waals surface area contributed by atoms with Crippen molar-refractivity contribution in [1.29, 1.82) is 0 Å². The number of nitrogens with two attached hydrogens (primary N) is 1. The third-order valence-corrected chi connectivity index (χ3v) is 7.28. The van der Waals surface area contributed by atoms with Crippen molar-refractivity contribution in [2.24, 2.45) is 17.6 Å². The summed E-state index contributed by atoms with van der Waals surface area (Å²) in [5.74, 6) is 1.79. The minimum atomic E-state index is 0.0849. The number of carbonyl (C=O) groups excluding carboxylic acids is 2. The summed E-state index contributed by atoms with van der Waals surface area (Å²) in [7, 11) is 0. The van der Waals surface area contributed by atoms with Gasteiger partial charge in [-0.15, -0.1) is 0 Å². The molecule has 3 aliphatic rings. The summed E-state index contributed by atoms with van der Waals surface area (Å²) in [6.07, 6.45) is 9.51. The normalized spacial score (nSPS) is 25.4. The van der Waals surface area contributed by atoms with Crippen molar-refractivity contribution in [2.75, 3.05) is 58.9 Å². The van der Waals surface area contributed by atoms with Crippen molar-refractivity contribution in [1.82, 2.24) is 20.0 Å². The number of piperidine rings is 1. The SMILES string of the molecule is C[C@H]1CN(CC2CCN(CC(=O)NCCN)CC2)CCN1C(=O)CC1CCCCC1. The molecule has 30 heavy (non-hydrogen) atoms. The number of nitrogens with one attached hydrogen (secondary N) is 1. The highest BCUT2D eigenvalue weighted by molar-refractivity contribution is 5.78. The molecule has 1 aliphatic carbocycles. The molecule has 7 heteroatoms. The van der Waals surface area contributed by atoms with Crippen LogP contribution in [0.4, 0.5) is 0 Å². The molecule has 1 atom stereocenters. The Hall–Kier alpha value is -1.18. The third-order valence-electron chi connectivity index (χ3n) is 7.28. The van der Waals surface area contributed by atoms with Crippen molar-refractivity contribution in [2.45, 2.75) is 64.3 Å². The molecule has 3 fully saturated rings. The highest BCUT2D eigenvalue weighted by atomic mass is 16.2. The molecule has 0 bridgehead atoms. The monoisotopic (exact) mass is 421 g/mol. The Labute approximate surface area is 182 Å². The van der Waals surface area contributed by atoms with E-state index in [1.165, 1.54) is 32.1 Å². The first kappa shape index (κ1) is 23.5. The van der Waals surface area contributed by atoms with E-state index in [4.69, 9.17) is 5.73 Å². The number of amides is 2. The fraction of sp³-hybridized carbons (Fsp3) is 0.913. The molecule has 3 rings (SSSR count). The molecule has 3 N–H and O–H groups in total. The largest absolute Gasteiger partial charge is 0.354 e. The molecular weight excluding hydrogens is 378 g/mol. The van der Waals surface area contributed by atoms with Crippen LogP contribution in [0.2, 0.25) is 0 Å². The molecule has 2 saturated heterocycles. The lowest BCUT2D eigenvalue weighted by Gasteiger charge is -2.42. The van der Waals surface area contributed by atoms with Crippen molar-refractivity contribution in [3.8, 4) is 0 Å². The van der Waals surface area contributed by atoms with Gasteiger partial charge in [0.05, 0.1) is 6.54 Å². The van der Waals surface area contributed by atoms with Crippen LogP contribution in [0.1, 0.15) is 58.3 Å². The first-order valence-electron chi connectivity index (χ1n) is 12.3. The van der Waals surface area contributed by atoms with Crippen LogP contribution in [0.15, 0.2) is 0 Å². The highest BCUT2D eigenvalue weighted by Crippen LogP contribution is 2.28. The Morgan fingerprint density at radius 2 is 1.67 bits per heavy atom. The Morgan fingerprint density at radius 1 is 0.933 bits per heavy atom. The van der Waals surface area contributed by atoms with Gasteiger partial charge in [-0.3, -0.25) is 19.4 Å². The van der Waals surface area contributed by atoms with Crippen molar-refractivity contribution in [3.05, 3.63) is 0 Å². The maximum absolute atomic E-state index is 12.8. The first-order valence-corrected chi connectivity index (χ1v) is 12.3. The lowest BCUT2D eigenvalue weighted by Crippen LogP contribution is -2.55. The summed E-state index contributed by atoms with van der Waals surface area (Å²) in [5, 5.41) is 2.85. The lowest BCUT2D eigenvalue weighted by molar-refractivity contribution is -0.137. The Bertz CT molecular complexity index is 544. The molecular formula is C23H43N5O2. The summed E-state index contributed by atoms with van der Waals surface area (Å²) in [6.45, 7) is 9.76. The van der Waals surface area contributed by atoms with Gasteiger partial charge in [-0.25, -0.2) is 0 Å². The molecule has 0 aromatic heterocycles. The summed E-state index contributed by atoms with van der Waals surface area (Å²) in [5.41, 5.74) is 5.44. The van der Waals surface area contributed by atoms with Crippen LogP contribution < -0.4 is 11.1 Å². The number of nitrogens with zero attached hydrogens (tertiary/aromatic N) is 3. The number of piperazine rings is 1. The quantitative estimate of drug-likeness (QED) is 0.617. The number of hydrogen-bond acceptors (Lipinski definition) is 5. The van der Waals surface area contributed by atoms with Gasteiger partial charge in [-0.1, -0.05) is 19.3 Å². The van der Waals surface area contributed by atoms with E-state index in [1.54, 1.807) is 0 Å². The molecule has 0 aromatic carbocycles. The average molecular weight is 422 g/mol. The molecule has 0 unspecified atom stereocenters. The Kier molecular flexibility index (Phi) is 9.40. The van der Waals surface area contributed by atoms with E-state index in [-0.39, 0.29) is 5.91 Å². The van der Waals surface area contributed by atoms with Gasteiger partial charge in [0.25, 0.3) is 0 Å². The second kappa shape index (κ2) is 12.0. The van der Waals surface area contributed by atoms with Crippen LogP contribution >= 0.6 is 0 Å². The van der Waals surface area contributed by atoms with Gasteiger partial charge in [0, 0.05) is 51.7 Å². The van der Waals surface area contributed by atoms with E-state index in [0.717, 1.165) is 58.5 Å². The zero-order valence-electron chi connectivity index (χ0n) is 19.0. The molecule has 1 saturated carbocycles. The maximum Gasteiger partial charge on any atom is 0.234 e. The van der Waals surface area contributed by atoms with Gasteiger partial charge in [0.2, 0.25) is 11.8 Å². The first-order chi connectivity index (χ1) is 14.5. The molecule has 0 radical (unpaired) electrons. The minimum absolute atomic E-state index is 0.0849. The second-order valence-electron chi connectivity index (χ2n) is 9.76. The number of carbonyl (C=O) groups is 2.